The fourth-order valence-corrected chi connectivity index (χ4v) is 5.78. The molecule has 3 rings (SSSR count). The standard InChI is InChI=1S/C21H15F6OP/c1-28-16-10-4-7-13-19(16)29(17-11-5-2-8-14(17)20(22,23)24)18-12-6-3-9-15(18)21(25,26)27/h2-13H,1H3. The Hall–Kier alpha value is -2.53. The Morgan fingerprint density at radius 2 is 0.966 bits per heavy atom. The van der Waals surface area contributed by atoms with Gasteiger partial charge in [0, 0.05) is 5.30 Å². The van der Waals surface area contributed by atoms with Crippen LogP contribution in [0.4, 0.5) is 26.3 Å². The van der Waals surface area contributed by atoms with Crippen LogP contribution in [0.1, 0.15) is 11.1 Å². The van der Waals surface area contributed by atoms with E-state index in [2.05, 4.69) is 0 Å². The first-order valence-corrected chi connectivity index (χ1v) is 9.74. The van der Waals surface area contributed by atoms with E-state index < -0.39 is 31.4 Å². The molecule has 0 aliphatic carbocycles. The van der Waals surface area contributed by atoms with Crippen LogP contribution in [0.25, 0.3) is 0 Å². The van der Waals surface area contributed by atoms with Crippen LogP contribution >= 0.6 is 7.92 Å². The van der Waals surface area contributed by atoms with Gasteiger partial charge in [0.05, 0.1) is 18.2 Å². The molecule has 152 valence electrons. The summed E-state index contributed by atoms with van der Waals surface area (Å²) in [5.41, 5.74) is -1.93. The summed E-state index contributed by atoms with van der Waals surface area (Å²) >= 11 is 0. The van der Waals surface area contributed by atoms with E-state index in [1.165, 1.54) is 55.6 Å². The maximum atomic E-state index is 13.7. The van der Waals surface area contributed by atoms with E-state index in [9.17, 15) is 26.3 Å². The zero-order chi connectivity index (χ0) is 21.2. The van der Waals surface area contributed by atoms with Crippen LogP contribution in [0, 0.1) is 0 Å². The SMILES string of the molecule is COc1ccccc1P(c1ccccc1C(F)(F)F)c1ccccc1C(F)(F)F. The fraction of sp³-hybridized carbons (Fsp3) is 0.143. The largest absolute Gasteiger partial charge is 0.496 e. The van der Waals surface area contributed by atoms with Crippen LogP contribution in [-0.2, 0) is 12.4 Å². The third-order valence-electron chi connectivity index (χ3n) is 4.23. The van der Waals surface area contributed by atoms with Crippen molar-refractivity contribution < 1.29 is 31.1 Å². The monoisotopic (exact) mass is 428 g/mol. The molecule has 0 saturated heterocycles. The second-order valence-corrected chi connectivity index (χ2v) is 8.15. The van der Waals surface area contributed by atoms with Gasteiger partial charge >= 0.3 is 12.4 Å². The molecule has 0 atom stereocenters. The Balaban J connectivity index is 2.39. The molecular weight excluding hydrogens is 413 g/mol. The molecule has 0 spiro atoms. The lowest BCUT2D eigenvalue weighted by atomic mass is 10.2. The van der Waals surface area contributed by atoms with Crippen LogP contribution < -0.4 is 20.7 Å². The highest BCUT2D eigenvalue weighted by Crippen LogP contribution is 2.44. The van der Waals surface area contributed by atoms with Crippen molar-refractivity contribution in [2.24, 2.45) is 0 Å². The van der Waals surface area contributed by atoms with Crippen LogP contribution in [0.5, 0.6) is 5.75 Å². The second-order valence-electron chi connectivity index (χ2n) is 6.04. The fourth-order valence-electron chi connectivity index (χ4n) is 3.02. The minimum atomic E-state index is -4.72. The van der Waals surface area contributed by atoms with Crippen LogP contribution in [0.3, 0.4) is 0 Å². The Morgan fingerprint density at radius 1 is 0.586 bits per heavy atom. The highest BCUT2D eigenvalue weighted by molar-refractivity contribution is 7.80. The molecule has 3 aromatic carbocycles. The van der Waals surface area contributed by atoms with Gasteiger partial charge < -0.3 is 4.74 Å². The van der Waals surface area contributed by atoms with Gasteiger partial charge in [-0.15, -0.1) is 0 Å². The van der Waals surface area contributed by atoms with Crippen LogP contribution in [-0.4, -0.2) is 7.11 Å². The first kappa shape index (κ1) is 21.2. The Morgan fingerprint density at radius 3 is 1.38 bits per heavy atom. The molecule has 0 aliphatic heterocycles. The number of hydrogen-bond acceptors (Lipinski definition) is 1. The maximum Gasteiger partial charge on any atom is 0.417 e. The van der Waals surface area contributed by atoms with Crippen molar-refractivity contribution in [3.63, 3.8) is 0 Å². The number of ether oxygens (including phenoxy) is 1. The van der Waals surface area contributed by atoms with Crippen molar-refractivity contribution in [2.45, 2.75) is 12.4 Å². The lowest BCUT2D eigenvalue weighted by molar-refractivity contribution is -0.137. The van der Waals surface area contributed by atoms with Gasteiger partial charge in [-0.3, -0.25) is 0 Å². The maximum absolute atomic E-state index is 13.7. The number of para-hydroxylation sites is 1. The molecule has 0 heterocycles. The van der Waals surface area contributed by atoms with Crippen molar-refractivity contribution in [1.82, 2.24) is 0 Å². The molecule has 0 aliphatic rings. The summed E-state index contributed by atoms with van der Waals surface area (Å²) in [7, 11) is -0.877. The smallest absolute Gasteiger partial charge is 0.417 e. The lowest BCUT2D eigenvalue weighted by Crippen LogP contribution is -2.31. The summed E-state index contributed by atoms with van der Waals surface area (Å²) in [6.45, 7) is 0. The van der Waals surface area contributed by atoms with Gasteiger partial charge in [-0.05, 0) is 36.7 Å². The van der Waals surface area contributed by atoms with Gasteiger partial charge in [-0.1, -0.05) is 54.6 Å². The third-order valence-corrected chi connectivity index (χ3v) is 6.82. The van der Waals surface area contributed by atoms with Crippen LogP contribution in [0.15, 0.2) is 72.8 Å². The first-order chi connectivity index (χ1) is 13.6. The summed E-state index contributed by atoms with van der Waals surface area (Å²) in [6, 6.07) is 15.7. The summed E-state index contributed by atoms with van der Waals surface area (Å²) in [5, 5.41) is -0.147. The highest BCUT2D eigenvalue weighted by atomic mass is 31.1. The Bertz CT molecular complexity index is 939. The minimum absolute atomic E-state index is 0.212. The zero-order valence-electron chi connectivity index (χ0n) is 15.1. The van der Waals surface area contributed by atoms with E-state index >= 15 is 0 Å². The highest BCUT2D eigenvalue weighted by Gasteiger charge is 2.40. The molecule has 0 saturated carbocycles. The number of rotatable bonds is 4. The van der Waals surface area contributed by atoms with Crippen molar-refractivity contribution in [3.8, 4) is 5.75 Å². The summed E-state index contributed by atoms with van der Waals surface area (Å²) < 4.78 is 87.6. The van der Waals surface area contributed by atoms with E-state index in [1.807, 2.05) is 0 Å². The molecule has 0 aromatic heterocycles. The molecule has 0 amide bonds. The van der Waals surface area contributed by atoms with Gasteiger partial charge in [0.15, 0.2) is 0 Å². The van der Waals surface area contributed by atoms with Gasteiger partial charge in [0.2, 0.25) is 0 Å². The summed E-state index contributed by atoms with van der Waals surface area (Å²) in [6.07, 6.45) is -9.43. The molecular formula is C21H15F6OP. The third kappa shape index (κ3) is 4.40. The van der Waals surface area contributed by atoms with E-state index in [0.717, 1.165) is 12.1 Å². The molecule has 29 heavy (non-hydrogen) atoms. The number of benzene rings is 3. The topological polar surface area (TPSA) is 9.23 Å². The minimum Gasteiger partial charge on any atom is -0.496 e. The quantitative estimate of drug-likeness (QED) is 0.395. The van der Waals surface area contributed by atoms with Crippen LogP contribution in [0.2, 0.25) is 0 Å². The summed E-state index contributed by atoms with van der Waals surface area (Å²) in [4.78, 5) is 0. The van der Waals surface area contributed by atoms with Gasteiger partial charge in [0.1, 0.15) is 5.75 Å². The molecule has 0 fully saturated rings. The average molecular weight is 428 g/mol. The van der Waals surface area contributed by atoms with Crippen molar-refractivity contribution in [1.29, 1.82) is 0 Å². The first-order valence-electron chi connectivity index (χ1n) is 8.40. The number of alkyl halides is 6. The van der Waals surface area contributed by atoms with Gasteiger partial charge in [-0.2, -0.15) is 26.3 Å². The van der Waals surface area contributed by atoms with E-state index in [4.69, 9.17) is 4.74 Å². The predicted molar refractivity (Wildman–Crippen MR) is 102 cm³/mol. The van der Waals surface area contributed by atoms with Crippen molar-refractivity contribution in [3.05, 3.63) is 83.9 Å². The second kappa shape index (κ2) is 8.07. The summed E-state index contributed by atoms with van der Waals surface area (Å²) in [5.74, 6) is 0.229. The molecule has 0 unspecified atom stereocenters. The Labute approximate surface area is 164 Å². The number of hydrogen-bond donors (Lipinski definition) is 0. The Kier molecular flexibility index (Phi) is 5.90. The molecule has 0 N–H and O–H groups in total. The molecule has 0 radical (unpaired) electrons. The number of methoxy groups -OCH3 is 1. The van der Waals surface area contributed by atoms with E-state index in [0.29, 0.717) is 0 Å². The zero-order valence-corrected chi connectivity index (χ0v) is 15.9. The van der Waals surface area contributed by atoms with Crippen molar-refractivity contribution in [2.75, 3.05) is 7.11 Å². The van der Waals surface area contributed by atoms with E-state index in [-0.39, 0.29) is 21.7 Å². The lowest BCUT2D eigenvalue weighted by Gasteiger charge is -2.26. The van der Waals surface area contributed by atoms with Gasteiger partial charge in [0.25, 0.3) is 0 Å². The van der Waals surface area contributed by atoms with E-state index in [1.54, 1.807) is 12.1 Å². The average Bonchev–Trinajstić information content (AvgIpc) is 2.68. The van der Waals surface area contributed by atoms with Gasteiger partial charge in [-0.25, -0.2) is 0 Å². The number of halogens is 6. The molecule has 1 nitrogen and oxygen atoms in total. The predicted octanol–water partition coefficient (Wildman–Crippen LogP) is 5.49. The molecule has 3 aromatic rings. The molecule has 8 heteroatoms. The van der Waals surface area contributed by atoms with Crippen molar-refractivity contribution >= 4 is 23.8 Å². The normalized spacial score (nSPS) is 12.3. The molecule has 0 bridgehead atoms.